The second-order valence-electron chi connectivity index (χ2n) is 6.00. The molecule has 1 saturated heterocycles. The maximum absolute atomic E-state index is 12.2. The normalized spacial score (nSPS) is 22.9. The zero-order chi connectivity index (χ0) is 15.4. The maximum Gasteiger partial charge on any atom is 0.315 e. The van der Waals surface area contributed by atoms with E-state index >= 15 is 0 Å². The zero-order valence-corrected chi connectivity index (χ0v) is 13.3. The number of hydrogen-bond donors (Lipinski definition) is 3. The average molecular weight is 322 g/mol. The topological polar surface area (TPSA) is 70.6 Å². The van der Waals surface area contributed by atoms with Crippen LogP contribution in [-0.4, -0.2) is 43.3 Å². The van der Waals surface area contributed by atoms with Crippen molar-refractivity contribution >= 4 is 17.8 Å². The van der Waals surface area contributed by atoms with Gasteiger partial charge < -0.3 is 20.5 Å². The lowest BCUT2D eigenvalue weighted by Crippen LogP contribution is -2.47. The Bertz CT molecular complexity index is 532. The standard InChI is InChI=1S/C16H22N2O3S/c19-11-16(5-7-21-8-6-16)10-17-15(20)18-13-9-22-14-4-2-1-3-12(13)14/h1-4,13,19H,5-11H2,(H2,17,18,20)/t13-/m1/s1. The van der Waals surface area contributed by atoms with Gasteiger partial charge in [-0.15, -0.1) is 11.8 Å². The van der Waals surface area contributed by atoms with Gasteiger partial charge in [0.25, 0.3) is 0 Å². The van der Waals surface area contributed by atoms with Crippen molar-refractivity contribution in [1.82, 2.24) is 10.6 Å². The summed E-state index contributed by atoms with van der Waals surface area (Å²) in [6.45, 7) is 1.87. The lowest BCUT2D eigenvalue weighted by Gasteiger charge is -2.35. The van der Waals surface area contributed by atoms with Crippen LogP contribution < -0.4 is 10.6 Å². The van der Waals surface area contributed by atoms with E-state index in [0.29, 0.717) is 19.8 Å². The Hall–Kier alpha value is -1.24. The summed E-state index contributed by atoms with van der Waals surface area (Å²) >= 11 is 1.77. The molecule has 3 rings (SSSR count). The molecule has 5 nitrogen and oxygen atoms in total. The van der Waals surface area contributed by atoms with E-state index in [9.17, 15) is 9.90 Å². The Labute approximate surface area is 134 Å². The van der Waals surface area contributed by atoms with Crippen molar-refractivity contribution in [3.8, 4) is 0 Å². The van der Waals surface area contributed by atoms with Crippen LogP contribution in [0.15, 0.2) is 29.2 Å². The lowest BCUT2D eigenvalue weighted by molar-refractivity contribution is -0.0139. The second-order valence-corrected chi connectivity index (χ2v) is 7.06. The van der Waals surface area contributed by atoms with E-state index < -0.39 is 0 Å². The van der Waals surface area contributed by atoms with Crippen molar-refractivity contribution in [1.29, 1.82) is 0 Å². The minimum Gasteiger partial charge on any atom is -0.396 e. The summed E-state index contributed by atoms with van der Waals surface area (Å²) in [6.07, 6.45) is 1.57. The highest BCUT2D eigenvalue weighted by atomic mass is 32.2. The predicted molar refractivity (Wildman–Crippen MR) is 86.0 cm³/mol. The Morgan fingerprint density at radius 1 is 1.36 bits per heavy atom. The monoisotopic (exact) mass is 322 g/mol. The van der Waals surface area contributed by atoms with E-state index in [4.69, 9.17) is 4.74 Å². The maximum atomic E-state index is 12.2. The number of amides is 2. The Morgan fingerprint density at radius 2 is 2.14 bits per heavy atom. The Morgan fingerprint density at radius 3 is 2.91 bits per heavy atom. The highest BCUT2D eigenvalue weighted by Gasteiger charge is 2.33. The van der Waals surface area contributed by atoms with Gasteiger partial charge in [-0.1, -0.05) is 18.2 Å². The van der Waals surface area contributed by atoms with Gasteiger partial charge in [0, 0.05) is 35.8 Å². The first-order chi connectivity index (χ1) is 10.7. The first-order valence-corrected chi connectivity index (χ1v) is 8.66. The summed E-state index contributed by atoms with van der Waals surface area (Å²) in [6, 6.07) is 8.06. The van der Waals surface area contributed by atoms with Crippen LogP contribution >= 0.6 is 11.8 Å². The van der Waals surface area contributed by atoms with Gasteiger partial charge in [0.15, 0.2) is 0 Å². The van der Waals surface area contributed by atoms with Crippen molar-refractivity contribution in [3.05, 3.63) is 29.8 Å². The molecule has 0 saturated carbocycles. The number of ether oxygens (including phenoxy) is 1. The highest BCUT2D eigenvalue weighted by molar-refractivity contribution is 7.99. The summed E-state index contributed by atoms with van der Waals surface area (Å²) in [7, 11) is 0. The van der Waals surface area contributed by atoms with E-state index in [1.165, 1.54) is 10.5 Å². The molecule has 6 heteroatoms. The van der Waals surface area contributed by atoms with Crippen LogP contribution in [-0.2, 0) is 4.74 Å². The number of fused-ring (bicyclic) bond motifs is 1. The number of hydrogen-bond acceptors (Lipinski definition) is 4. The van der Waals surface area contributed by atoms with Gasteiger partial charge in [0.05, 0.1) is 12.6 Å². The molecule has 2 amide bonds. The molecule has 0 spiro atoms. The summed E-state index contributed by atoms with van der Waals surface area (Å²) in [5, 5.41) is 15.6. The van der Waals surface area contributed by atoms with Crippen LogP contribution in [0.3, 0.4) is 0 Å². The molecule has 2 aliphatic rings. The molecule has 2 heterocycles. The van der Waals surface area contributed by atoms with Gasteiger partial charge in [-0.05, 0) is 24.5 Å². The minimum absolute atomic E-state index is 0.0564. The number of thioether (sulfide) groups is 1. The molecule has 0 aromatic heterocycles. The fourth-order valence-corrected chi connectivity index (χ4v) is 4.12. The molecule has 2 aliphatic heterocycles. The van der Waals surface area contributed by atoms with Gasteiger partial charge in [-0.25, -0.2) is 4.79 Å². The molecule has 1 atom stereocenters. The van der Waals surface area contributed by atoms with E-state index in [1.54, 1.807) is 11.8 Å². The number of aliphatic hydroxyl groups excluding tert-OH is 1. The fraction of sp³-hybridized carbons (Fsp3) is 0.562. The zero-order valence-electron chi connectivity index (χ0n) is 12.5. The molecule has 22 heavy (non-hydrogen) atoms. The van der Waals surface area contributed by atoms with E-state index in [-0.39, 0.29) is 24.1 Å². The number of rotatable bonds is 4. The molecular weight excluding hydrogens is 300 g/mol. The molecule has 1 aromatic carbocycles. The molecule has 1 aromatic rings. The minimum atomic E-state index is -0.238. The first-order valence-electron chi connectivity index (χ1n) is 7.67. The highest BCUT2D eigenvalue weighted by Crippen LogP contribution is 2.37. The third-order valence-electron chi connectivity index (χ3n) is 4.52. The van der Waals surface area contributed by atoms with Crippen molar-refractivity contribution in [2.24, 2.45) is 5.41 Å². The van der Waals surface area contributed by atoms with Crippen molar-refractivity contribution in [2.75, 3.05) is 32.1 Å². The lowest BCUT2D eigenvalue weighted by atomic mass is 9.81. The van der Waals surface area contributed by atoms with Gasteiger partial charge in [0.2, 0.25) is 0 Å². The third-order valence-corrected chi connectivity index (χ3v) is 5.70. The number of carbonyl (C=O) groups is 1. The van der Waals surface area contributed by atoms with Gasteiger partial charge >= 0.3 is 6.03 Å². The number of urea groups is 1. The van der Waals surface area contributed by atoms with Crippen LogP contribution in [0.5, 0.6) is 0 Å². The van der Waals surface area contributed by atoms with E-state index in [2.05, 4.69) is 22.8 Å². The molecule has 0 unspecified atom stereocenters. The third kappa shape index (κ3) is 3.39. The number of benzene rings is 1. The number of aliphatic hydroxyl groups is 1. The van der Waals surface area contributed by atoms with E-state index in [1.807, 2.05) is 12.1 Å². The molecular formula is C16H22N2O3S. The average Bonchev–Trinajstić information content (AvgIpc) is 2.97. The van der Waals surface area contributed by atoms with Crippen LogP contribution in [0.2, 0.25) is 0 Å². The predicted octanol–water partition coefficient (Wildman–Crippen LogP) is 1.92. The van der Waals surface area contributed by atoms with Crippen molar-refractivity contribution in [2.45, 2.75) is 23.8 Å². The second kappa shape index (κ2) is 6.89. The fourth-order valence-electron chi connectivity index (χ4n) is 2.95. The summed E-state index contributed by atoms with van der Waals surface area (Å²) in [5.74, 6) is 0.867. The Kier molecular flexibility index (Phi) is 4.90. The Balaban J connectivity index is 1.53. The van der Waals surface area contributed by atoms with Gasteiger partial charge in [-0.3, -0.25) is 0 Å². The number of nitrogens with one attached hydrogen (secondary N) is 2. The van der Waals surface area contributed by atoms with Crippen LogP contribution in [0.4, 0.5) is 4.79 Å². The first kappa shape index (κ1) is 15.6. The molecule has 3 N–H and O–H groups in total. The molecule has 0 aliphatic carbocycles. The van der Waals surface area contributed by atoms with Crippen LogP contribution in [0.1, 0.15) is 24.4 Å². The van der Waals surface area contributed by atoms with Gasteiger partial charge in [-0.2, -0.15) is 0 Å². The van der Waals surface area contributed by atoms with Crippen LogP contribution in [0, 0.1) is 5.41 Å². The van der Waals surface area contributed by atoms with E-state index in [0.717, 1.165) is 18.6 Å². The summed E-state index contributed by atoms with van der Waals surface area (Å²) in [4.78, 5) is 13.4. The quantitative estimate of drug-likeness (QED) is 0.792. The number of carbonyl (C=O) groups excluding carboxylic acids is 1. The molecule has 0 bridgehead atoms. The van der Waals surface area contributed by atoms with Crippen LogP contribution in [0.25, 0.3) is 0 Å². The molecule has 1 fully saturated rings. The largest absolute Gasteiger partial charge is 0.396 e. The van der Waals surface area contributed by atoms with Gasteiger partial charge in [0.1, 0.15) is 0 Å². The molecule has 0 radical (unpaired) electrons. The van der Waals surface area contributed by atoms with Crippen molar-refractivity contribution < 1.29 is 14.6 Å². The summed E-state index contributed by atoms with van der Waals surface area (Å²) < 4.78 is 5.34. The smallest absolute Gasteiger partial charge is 0.315 e. The SMILES string of the molecule is O=C(NCC1(CO)CCOCC1)N[C@@H]1CSc2ccccc21. The van der Waals surface area contributed by atoms with Crippen molar-refractivity contribution in [3.63, 3.8) is 0 Å². The molecule has 120 valence electrons. The summed E-state index contributed by atoms with van der Waals surface area (Å²) in [5.41, 5.74) is 0.948.